The third kappa shape index (κ3) is 2.56. The number of piperazine rings is 1. The van der Waals surface area contributed by atoms with Crippen LogP contribution in [0.5, 0.6) is 5.75 Å². The zero-order chi connectivity index (χ0) is 14.9. The van der Waals surface area contributed by atoms with Crippen molar-refractivity contribution in [1.82, 2.24) is 10.2 Å². The number of nitrogens with zero attached hydrogens (tertiary/aromatic N) is 2. The second-order valence-corrected chi connectivity index (χ2v) is 6.43. The Bertz CT molecular complexity index is 635. The number of aliphatic imine (C=N–C) groups is 1. The van der Waals surface area contributed by atoms with Gasteiger partial charge in [0.05, 0.1) is 11.7 Å². The van der Waals surface area contributed by atoms with Crippen molar-refractivity contribution in [3.63, 3.8) is 0 Å². The van der Waals surface area contributed by atoms with E-state index in [9.17, 15) is 0 Å². The number of fused-ring (bicyclic) bond motifs is 1. The highest BCUT2D eigenvalue weighted by atomic mass is 35.5. The van der Waals surface area contributed by atoms with Gasteiger partial charge in [0.1, 0.15) is 12.4 Å². The zero-order valence-corrected chi connectivity index (χ0v) is 13.3. The number of rotatable bonds is 1. The van der Waals surface area contributed by atoms with Crippen molar-refractivity contribution in [2.24, 2.45) is 4.99 Å². The summed E-state index contributed by atoms with van der Waals surface area (Å²) < 4.78 is 6.06. The van der Waals surface area contributed by atoms with Crippen LogP contribution in [0.25, 0.3) is 0 Å². The fourth-order valence-electron chi connectivity index (χ4n) is 3.51. The molecule has 1 saturated heterocycles. The molecule has 0 saturated carbocycles. The zero-order valence-electron chi connectivity index (χ0n) is 12.5. The number of ether oxygens (including phenoxy) is 1. The molecule has 1 aromatic carbocycles. The summed E-state index contributed by atoms with van der Waals surface area (Å²) in [5.41, 5.74) is 3.71. The first kappa shape index (κ1) is 14.2. The van der Waals surface area contributed by atoms with E-state index in [1.54, 1.807) is 0 Å². The molecule has 0 aromatic heterocycles. The highest BCUT2D eigenvalue weighted by molar-refractivity contribution is 6.30. The molecule has 1 N–H and O–H groups in total. The lowest BCUT2D eigenvalue weighted by Crippen LogP contribution is -2.45. The summed E-state index contributed by atoms with van der Waals surface area (Å²) in [6.07, 6.45) is 4.10. The molecule has 5 heteroatoms. The smallest absolute Gasteiger partial charge is 0.126 e. The molecule has 1 atom stereocenters. The third-order valence-electron chi connectivity index (χ3n) is 4.62. The Morgan fingerprint density at radius 1 is 1.27 bits per heavy atom. The van der Waals surface area contributed by atoms with Gasteiger partial charge in [-0.05, 0) is 30.5 Å². The number of nitrogens with one attached hydrogen (secondary N) is 1. The lowest BCUT2D eigenvalue weighted by atomic mass is 9.95. The van der Waals surface area contributed by atoms with E-state index in [1.165, 1.54) is 16.8 Å². The van der Waals surface area contributed by atoms with Gasteiger partial charge in [0.2, 0.25) is 0 Å². The SMILES string of the molecule is Clc1ccc2c(c1)OCC1=C(N=CCC1)C2N1CCNCC1. The van der Waals surface area contributed by atoms with Crippen molar-refractivity contribution < 1.29 is 4.74 Å². The van der Waals surface area contributed by atoms with Crippen LogP contribution in [0.3, 0.4) is 0 Å². The number of benzene rings is 1. The number of hydrogen-bond donors (Lipinski definition) is 1. The van der Waals surface area contributed by atoms with Gasteiger partial charge < -0.3 is 10.1 Å². The average Bonchev–Trinajstić information content (AvgIpc) is 2.72. The van der Waals surface area contributed by atoms with E-state index in [-0.39, 0.29) is 6.04 Å². The molecule has 116 valence electrons. The Morgan fingerprint density at radius 3 is 3.00 bits per heavy atom. The van der Waals surface area contributed by atoms with E-state index in [0.717, 1.165) is 49.8 Å². The van der Waals surface area contributed by atoms with Crippen molar-refractivity contribution in [2.75, 3.05) is 32.8 Å². The van der Waals surface area contributed by atoms with Crippen molar-refractivity contribution in [1.29, 1.82) is 0 Å². The fourth-order valence-corrected chi connectivity index (χ4v) is 3.67. The van der Waals surface area contributed by atoms with Crippen LogP contribution < -0.4 is 10.1 Å². The largest absolute Gasteiger partial charge is 0.489 e. The van der Waals surface area contributed by atoms with Crippen LogP contribution in [-0.2, 0) is 0 Å². The molecular weight excluding hydrogens is 298 g/mol. The van der Waals surface area contributed by atoms with E-state index < -0.39 is 0 Å². The highest BCUT2D eigenvalue weighted by Gasteiger charge is 2.33. The van der Waals surface area contributed by atoms with Gasteiger partial charge in [-0.3, -0.25) is 9.89 Å². The topological polar surface area (TPSA) is 36.9 Å². The molecule has 3 aliphatic heterocycles. The number of hydrogen-bond acceptors (Lipinski definition) is 4. The molecule has 3 aliphatic rings. The predicted molar refractivity (Wildman–Crippen MR) is 88.9 cm³/mol. The van der Waals surface area contributed by atoms with Crippen LogP contribution in [0.1, 0.15) is 24.4 Å². The summed E-state index contributed by atoms with van der Waals surface area (Å²) in [5, 5.41) is 4.15. The molecule has 1 unspecified atom stereocenters. The minimum absolute atomic E-state index is 0.184. The normalized spacial score (nSPS) is 25.2. The molecule has 3 heterocycles. The lowest BCUT2D eigenvalue weighted by Gasteiger charge is -2.36. The number of halogens is 1. The first-order valence-corrected chi connectivity index (χ1v) is 8.32. The first-order chi connectivity index (χ1) is 10.8. The van der Waals surface area contributed by atoms with E-state index in [2.05, 4.69) is 22.5 Å². The Hall–Kier alpha value is -1.36. The minimum Gasteiger partial charge on any atom is -0.489 e. The molecule has 0 spiro atoms. The Kier molecular flexibility index (Phi) is 3.90. The van der Waals surface area contributed by atoms with Crippen LogP contribution in [-0.4, -0.2) is 43.9 Å². The van der Waals surface area contributed by atoms with Crippen molar-refractivity contribution >= 4 is 17.8 Å². The van der Waals surface area contributed by atoms with Gasteiger partial charge >= 0.3 is 0 Å². The van der Waals surface area contributed by atoms with E-state index in [4.69, 9.17) is 21.3 Å². The fraction of sp³-hybridized carbons (Fsp3) is 0.471. The minimum atomic E-state index is 0.184. The first-order valence-electron chi connectivity index (χ1n) is 7.94. The molecule has 0 bridgehead atoms. The summed E-state index contributed by atoms with van der Waals surface area (Å²) in [5.74, 6) is 0.903. The highest BCUT2D eigenvalue weighted by Crippen LogP contribution is 2.42. The lowest BCUT2D eigenvalue weighted by molar-refractivity contribution is 0.193. The van der Waals surface area contributed by atoms with Gasteiger partial charge in [-0.2, -0.15) is 0 Å². The molecule has 0 aliphatic carbocycles. The van der Waals surface area contributed by atoms with Gasteiger partial charge in [-0.1, -0.05) is 17.7 Å². The van der Waals surface area contributed by atoms with Gasteiger partial charge in [-0.25, -0.2) is 0 Å². The summed E-state index contributed by atoms with van der Waals surface area (Å²) in [6.45, 7) is 4.72. The van der Waals surface area contributed by atoms with E-state index in [0.29, 0.717) is 6.61 Å². The van der Waals surface area contributed by atoms with Gasteiger partial charge in [0, 0.05) is 43.0 Å². The van der Waals surface area contributed by atoms with E-state index in [1.807, 2.05) is 12.1 Å². The van der Waals surface area contributed by atoms with Crippen LogP contribution in [0.2, 0.25) is 5.02 Å². The van der Waals surface area contributed by atoms with Gasteiger partial charge in [0.25, 0.3) is 0 Å². The van der Waals surface area contributed by atoms with Crippen LogP contribution in [0.15, 0.2) is 34.5 Å². The quantitative estimate of drug-likeness (QED) is 0.865. The molecular formula is C17H20ClN3O. The second-order valence-electron chi connectivity index (χ2n) is 6.00. The third-order valence-corrected chi connectivity index (χ3v) is 4.85. The Morgan fingerprint density at radius 2 is 2.14 bits per heavy atom. The van der Waals surface area contributed by atoms with E-state index >= 15 is 0 Å². The van der Waals surface area contributed by atoms with Crippen molar-refractivity contribution in [3.05, 3.63) is 40.1 Å². The summed E-state index contributed by atoms with van der Waals surface area (Å²) in [6, 6.07) is 6.18. The summed E-state index contributed by atoms with van der Waals surface area (Å²) in [4.78, 5) is 7.28. The summed E-state index contributed by atoms with van der Waals surface area (Å²) >= 11 is 6.17. The molecule has 1 aromatic rings. The Labute approximate surface area is 135 Å². The van der Waals surface area contributed by atoms with Crippen LogP contribution >= 0.6 is 11.6 Å². The standard InChI is InChI=1S/C17H20ClN3O/c18-13-3-4-14-15(10-13)22-11-12-2-1-5-20-16(12)17(14)21-8-6-19-7-9-21/h3-5,10,17,19H,1-2,6-9,11H2. The van der Waals surface area contributed by atoms with Crippen LogP contribution in [0, 0.1) is 0 Å². The van der Waals surface area contributed by atoms with Crippen molar-refractivity contribution in [3.8, 4) is 5.75 Å². The average molecular weight is 318 g/mol. The maximum atomic E-state index is 6.17. The van der Waals surface area contributed by atoms with Gasteiger partial charge in [-0.15, -0.1) is 0 Å². The van der Waals surface area contributed by atoms with Crippen molar-refractivity contribution in [2.45, 2.75) is 18.9 Å². The molecule has 4 rings (SSSR count). The monoisotopic (exact) mass is 317 g/mol. The van der Waals surface area contributed by atoms with Gasteiger partial charge in [0.15, 0.2) is 0 Å². The second kappa shape index (κ2) is 6.03. The maximum absolute atomic E-state index is 6.17. The molecule has 4 nitrogen and oxygen atoms in total. The summed E-state index contributed by atoms with van der Waals surface area (Å²) in [7, 11) is 0. The maximum Gasteiger partial charge on any atom is 0.126 e. The molecule has 0 amide bonds. The Balaban J connectivity index is 1.81. The molecule has 0 radical (unpaired) electrons. The van der Waals surface area contributed by atoms with Crippen LogP contribution in [0.4, 0.5) is 0 Å². The molecule has 22 heavy (non-hydrogen) atoms. The molecule has 1 fully saturated rings. The predicted octanol–water partition coefficient (Wildman–Crippen LogP) is 2.80.